The highest BCUT2D eigenvalue weighted by Crippen LogP contribution is 2.43. The Morgan fingerprint density at radius 1 is 1.07 bits per heavy atom. The van der Waals surface area contributed by atoms with Crippen LogP contribution in [0, 0.1) is 19.3 Å². The van der Waals surface area contributed by atoms with Gasteiger partial charge in [0.2, 0.25) is 0 Å². The Labute approximate surface area is 164 Å². The molecule has 0 aromatic heterocycles. The van der Waals surface area contributed by atoms with E-state index in [2.05, 4.69) is 58.1 Å². The van der Waals surface area contributed by atoms with Crippen LogP contribution in [0.1, 0.15) is 75.6 Å². The SMILES string of the molecule is Cc1ccc(C)c(C(C)NCCC2(O)CCC3(CC2)OCC(C)(C)CO3)c1. The molecule has 1 saturated carbocycles. The van der Waals surface area contributed by atoms with Gasteiger partial charge in [0.25, 0.3) is 0 Å². The molecule has 27 heavy (non-hydrogen) atoms. The third kappa shape index (κ3) is 5.11. The smallest absolute Gasteiger partial charge is 0.168 e. The molecule has 1 aromatic carbocycles. The van der Waals surface area contributed by atoms with E-state index in [1.54, 1.807) is 0 Å². The maximum absolute atomic E-state index is 11.0. The Hall–Kier alpha value is -0.940. The van der Waals surface area contributed by atoms with Crippen molar-refractivity contribution in [2.45, 2.75) is 84.2 Å². The van der Waals surface area contributed by atoms with Crippen LogP contribution in [0.15, 0.2) is 18.2 Å². The number of hydrogen-bond acceptors (Lipinski definition) is 4. The summed E-state index contributed by atoms with van der Waals surface area (Å²) in [5.74, 6) is -0.457. The van der Waals surface area contributed by atoms with Crippen molar-refractivity contribution < 1.29 is 14.6 Å². The summed E-state index contributed by atoms with van der Waals surface area (Å²) in [5, 5.41) is 14.6. The minimum Gasteiger partial charge on any atom is -0.390 e. The van der Waals surface area contributed by atoms with E-state index in [0.29, 0.717) is 0 Å². The van der Waals surface area contributed by atoms with E-state index in [0.717, 1.165) is 51.9 Å². The lowest BCUT2D eigenvalue weighted by Gasteiger charge is -2.48. The summed E-state index contributed by atoms with van der Waals surface area (Å²) in [7, 11) is 0. The standard InChI is InChI=1S/C23H37NO3/c1-17-6-7-18(2)20(14-17)19(3)24-13-12-22(25)8-10-23(11-9-22)26-15-21(4,5)16-27-23/h6-7,14,19,24-25H,8-13,15-16H2,1-5H3. The van der Waals surface area contributed by atoms with Gasteiger partial charge in [-0.1, -0.05) is 37.6 Å². The molecule has 1 unspecified atom stereocenters. The average molecular weight is 376 g/mol. The molecule has 1 heterocycles. The Kier molecular flexibility index (Phi) is 6.02. The number of ether oxygens (including phenoxy) is 2. The molecule has 1 spiro atoms. The van der Waals surface area contributed by atoms with Crippen LogP contribution in [-0.4, -0.2) is 36.3 Å². The zero-order valence-corrected chi connectivity index (χ0v) is 17.7. The number of hydrogen-bond donors (Lipinski definition) is 2. The van der Waals surface area contributed by atoms with Crippen molar-refractivity contribution in [2.24, 2.45) is 5.41 Å². The Balaban J connectivity index is 1.47. The van der Waals surface area contributed by atoms with E-state index >= 15 is 0 Å². The lowest BCUT2D eigenvalue weighted by molar-refractivity contribution is -0.319. The summed E-state index contributed by atoms with van der Waals surface area (Å²) in [6, 6.07) is 6.88. The summed E-state index contributed by atoms with van der Waals surface area (Å²) in [6.45, 7) is 13.1. The van der Waals surface area contributed by atoms with Crippen LogP contribution in [0.2, 0.25) is 0 Å². The van der Waals surface area contributed by atoms with Crippen molar-refractivity contribution in [3.63, 3.8) is 0 Å². The largest absolute Gasteiger partial charge is 0.390 e. The lowest BCUT2D eigenvalue weighted by atomic mass is 9.78. The maximum Gasteiger partial charge on any atom is 0.168 e. The molecule has 4 heteroatoms. The molecule has 1 aliphatic heterocycles. The van der Waals surface area contributed by atoms with Crippen molar-refractivity contribution in [1.82, 2.24) is 5.32 Å². The van der Waals surface area contributed by atoms with Gasteiger partial charge in [0.15, 0.2) is 5.79 Å². The number of rotatable bonds is 5. The van der Waals surface area contributed by atoms with Crippen molar-refractivity contribution in [3.05, 3.63) is 34.9 Å². The highest BCUT2D eigenvalue weighted by Gasteiger charge is 2.46. The highest BCUT2D eigenvalue weighted by atomic mass is 16.7. The molecule has 1 aromatic rings. The maximum atomic E-state index is 11.0. The van der Waals surface area contributed by atoms with Gasteiger partial charge in [-0.3, -0.25) is 0 Å². The van der Waals surface area contributed by atoms with E-state index in [9.17, 15) is 5.11 Å². The number of aliphatic hydroxyl groups is 1. The van der Waals surface area contributed by atoms with Gasteiger partial charge < -0.3 is 19.9 Å². The van der Waals surface area contributed by atoms with Gasteiger partial charge in [-0.2, -0.15) is 0 Å². The summed E-state index contributed by atoms with van der Waals surface area (Å²) in [4.78, 5) is 0. The normalized spacial score (nSPS) is 24.7. The fraction of sp³-hybridized carbons (Fsp3) is 0.739. The number of benzene rings is 1. The molecule has 2 aliphatic rings. The first-order chi connectivity index (χ1) is 12.6. The molecule has 1 aliphatic carbocycles. The molecule has 2 N–H and O–H groups in total. The fourth-order valence-corrected chi connectivity index (χ4v) is 4.23. The first-order valence-electron chi connectivity index (χ1n) is 10.4. The van der Waals surface area contributed by atoms with Gasteiger partial charge in [0.05, 0.1) is 18.8 Å². The zero-order chi connectivity index (χ0) is 19.7. The van der Waals surface area contributed by atoms with Gasteiger partial charge in [0, 0.05) is 24.3 Å². The molecule has 1 atom stereocenters. The van der Waals surface area contributed by atoms with Crippen LogP contribution in [0.5, 0.6) is 0 Å². The highest BCUT2D eigenvalue weighted by molar-refractivity contribution is 5.32. The molecule has 152 valence electrons. The van der Waals surface area contributed by atoms with Gasteiger partial charge in [-0.05, 0) is 57.7 Å². The minimum atomic E-state index is -0.612. The molecule has 0 amide bonds. The molecule has 0 bridgehead atoms. The molecular weight excluding hydrogens is 338 g/mol. The van der Waals surface area contributed by atoms with E-state index in [1.807, 2.05) is 0 Å². The molecule has 1 saturated heterocycles. The van der Waals surface area contributed by atoms with E-state index in [1.165, 1.54) is 16.7 Å². The topological polar surface area (TPSA) is 50.7 Å². The predicted octanol–water partition coefficient (Wildman–Crippen LogP) is 4.42. The number of nitrogens with one attached hydrogen (secondary N) is 1. The first-order valence-corrected chi connectivity index (χ1v) is 10.4. The van der Waals surface area contributed by atoms with E-state index in [-0.39, 0.29) is 11.5 Å². The third-order valence-corrected chi connectivity index (χ3v) is 6.34. The minimum absolute atomic E-state index is 0.0903. The van der Waals surface area contributed by atoms with E-state index in [4.69, 9.17) is 9.47 Å². The molecule has 4 nitrogen and oxygen atoms in total. The molecule has 0 radical (unpaired) electrons. The summed E-state index contributed by atoms with van der Waals surface area (Å²) < 4.78 is 12.2. The van der Waals surface area contributed by atoms with Crippen molar-refractivity contribution in [2.75, 3.05) is 19.8 Å². The Morgan fingerprint density at radius 2 is 1.70 bits per heavy atom. The quantitative estimate of drug-likeness (QED) is 0.800. The molecule has 2 fully saturated rings. The van der Waals surface area contributed by atoms with Gasteiger partial charge in [0.1, 0.15) is 0 Å². The Morgan fingerprint density at radius 3 is 2.33 bits per heavy atom. The van der Waals surface area contributed by atoms with E-state index < -0.39 is 11.4 Å². The van der Waals surface area contributed by atoms with Crippen molar-refractivity contribution in [3.8, 4) is 0 Å². The van der Waals surface area contributed by atoms with Crippen molar-refractivity contribution in [1.29, 1.82) is 0 Å². The second kappa shape index (κ2) is 7.82. The molecular formula is C23H37NO3. The molecule has 3 rings (SSSR count). The van der Waals surface area contributed by atoms with Crippen LogP contribution in [0.25, 0.3) is 0 Å². The fourth-order valence-electron chi connectivity index (χ4n) is 4.23. The third-order valence-electron chi connectivity index (χ3n) is 6.34. The average Bonchev–Trinajstić information content (AvgIpc) is 2.62. The second-order valence-electron chi connectivity index (χ2n) is 9.66. The predicted molar refractivity (Wildman–Crippen MR) is 109 cm³/mol. The van der Waals surface area contributed by atoms with Gasteiger partial charge in [-0.25, -0.2) is 0 Å². The summed E-state index contributed by atoms with van der Waals surface area (Å²) in [6.07, 6.45) is 3.82. The monoisotopic (exact) mass is 375 g/mol. The second-order valence-corrected chi connectivity index (χ2v) is 9.66. The zero-order valence-electron chi connectivity index (χ0n) is 17.7. The summed E-state index contributed by atoms with van der Waals surface area (Å²) in [5.41, 5.74) is 3.42. The lowest BCUT2D eigenvalue weighted by Crippen LogP contribution is -2.52. The van der Waals surface area contributed by atoms with Crippen LogP contribution in [0.4, 0.5) is 0 Å². The first kappa shape index (κ1) is 20.8. The van der Waals surface area contributed by atoms with Gasteiger partial charge in [-0.15, -0.1) is 0 Å². The van der Waals surface area contributed by atoms with Gasteiger partial charge >= 0.3 is 0 Å². The summed E-state index contributed by atoms with van der Waals surface area (Å²) >= 11 is 0. The van der Waals surface area contributed by atoms with Crippen LogP contribution in [-0.2, 0) is 9.47 Å². The number of aryl methyl sites for hydroxylation is 2. The van der Waals surface area contributed by atoms with Crippen molar-refractivity contribution >= 4 is 0 Å². The van der Waals surface area contributed by atoms with Crippen LogP contribution in [0.3, 0.4) is 0 Å². The van der Waals surface area contributed by atoms with Crippen LogP contribution >= 0.6 is 0 Å². The van der Waals surface area contributed by atoms with Crippen LogP contribution < -0.4 is 5.32 Å². The Bertz CT molecular complexity index is 635.